The van der Waals surface area contributed by atoms with Crippen LogP contribution in [0.15, 0.2) is 60.8 Å². The Balaban J connectivity index is 1.55. The van der Waals surface area contributed by atoms with Gasteiger partial charge in [0.05, 0.1) is 0 Å². The number of para-hydroxylation sites is 1. The van der Waals surface area contributed by atoms with Crippen molar-refractivity contribution in [2.75, 3.05) is 14.1 Å². The molecule has 3 rings (SSSR count). The quantitative estimate of drug-likeness (QED) is 0.718. The number of hydrogen-bond acceptors (Lipinski definition) is 2. The van der Waals surface area contributed by atoms with Gasteiger partial charge >= 0.3 is 0 Å². The predicted octanol–water partition coefficient (Wildman–Crippen LogP) is 3.41. The summed E-state index contributed by atoms with van der Waals surface area (Å²) in [5.41, 5.74) is 3.60. The topological polar surface area (TPSA) is 37.3 Å². The SMILES string of the molecule is CN(C)Cc1ccccc1CNC(=O)CCn1ccc2ccccc21. The predicted molar refractivity (Wildman–Crippen MR) is 102 cm³/mol. The van der Waals surface area contributed by atoms with Crippen molar-refractivity contribution in [3.63, 3.8) is 0 Å². The van der Waals surface area contributed by atoms with Crippen molar-refractivity contribution in [3.05, 3.63) is 71.9 Å². The Morgan fingerprint density at radius 2 is 1.72 bits per heavy atom. The van der Waals surface area contributed by atoms with Crippen LogP contribution >= 0.6 is 0 Å². The molecular formula is C21H25N3O. The maximum Gasteiger partial charge on any atom is 0.222 e. The van der Waals surface area contributed by atoms with E-state index in [4.69, 9.17) is 0 Å². The van der Waals surface area contributed by atoms with Gasteiger partial charge in [-0.2, -0.15) is 0 Å². The monoisotopic (exact) mass is 335 g/mol. The van der Waals surface area contributed by atoms with Gasteiger partial charge in [-0.1, -0.05) is 42.5 Å². The van der Waals surface area contributed by atoms with Crippen molar-refractivity contribution in [2.45, 2.75) is 26.1 Å². The Morgan fingerprint density at radius 3 is 2.52 bits per heavy atom. The van der Waals surface area contributed by atoms with E-state index in [9.17, 15) is 4.79 Å². The van der Waals surface area contributed by atoms with E-state index < -0.39 is 0 Å². The highest BCUT2D eigenvalue weighted by atomic mass is 16.1. The molecule has 25 heavy (non-hydrogen) atoms. The summed E-state index contributed by atoms with van der Waals surface area (Å²) in [6, 6.07) is 18.6. The summed E-state index contributed by atoms with van der Waals surface area (Å²) in [6.07, 6.45) is 2.53. The molecule has 0 radical (unpaired) electrons. The first kappa shape index (κ1) is 17.2. The average Bonchev–Trinajstić information content (AvgIpc) is 3.02. The molecular weight excluding hydrogens is 310 g/mol. The van der Waals surface area contributed by atoms with Gasteiger partial charge < -0.3 is 14.8 Å². The normalized spacial score (nSPS) is 11.2. The maximum absolute atomic E-state index is 12.2. The summed E-state index contributed by atoms with van der Waals surface area (Å²) in [5, 5.41) is 4.26. The second kappa shape index (κ2) is 7.99. The molecule has 4 nitrogen and oxygen atoms in total. The summed E-state index contributed by atoms with van der Waals surface area (Å²) < 4.78 is 2.13. The smallest absolute Gasteiger partial charge is 0.222 e. The largest absolute Gasteiger partial charge is 0.352 e. The van der Waals surface area contributed by atoms with E-state index in [1.165, 1.54) is 22.0 Å². The number of carbonyl (C=O) groups is 1. The van der Waals surface area contributed by atoms with Gasteiger partial charge in [0.15, 0.2) is 0 Å². The van der Waals surface area contributed by atoms with Crippen LogP contribution in [0.5, 0.6) is 0 Å². The van der Waals surface area contributed by atoms with E-state index in [1.54, 1.807) is 0 Å². The summed E-state index contributed by atoms with van der Waals surface area (Å²) in [4.78, 5) is 14.4. The minimum atomic E-state index is 0.0810. The fourth-order valence-corrected chi connectivity index (χ4v) is 3.06. The van der Waals surface area contributed by atoms with Crippen molar-refractivity contribution < 1.29 is 4.79 Å². The highest BCUT2D eigenvalue weighted by Gasteiger charge is 2.07. The van der Waals surface area contributed by atoms with Gasteiger partial charge in [0.2, 0.25) is 5.91 Å². The fraction of sp³-hybridized carbons (Fsp3) is 0.286. The van der Waals surface area contributed by atoms with Crippen molar-refractivity contribution in [2.24, 2.45) is 0 Å². The second-order valence-corrected chi connectivity index (χ2v) is 6.60. The Hall–Kier alpha value is -2.59. The molecule has 1 amide bonds. The zero-order chi connectivity index (χ0) is 17.6. The van der Waals surface area contributed by atoms with Crippen LogP contribution in [0.2, 0.25) is 0 Å². The molecule has 0 aliphatic heterocycles. The minimum absolute atomic E-state index is 0.0810. The molecule has 3 aromatic rings. The lowest BCUT2D eigenvalue weighted by Gasteiger charge is -2.14. The third-order valence-electron chi connectivity index (χ3n) is 4.34. The third-order valence-corrected chi connectivity index (χ3v) is 4.34. The summed E-state index contributed by atoms with van der Waals surface area (Å²) in [5.74, 6) is 0.0810. The first-order chi connectivity index (χ1) is 12.1. The van der Waals surface area contributed by atoms with Crippen LogP contribution in [0.25, 0.3) is 10.9 Å². The number of aryl methyl sites for hydroxylation is 1. The first-order valence-electron chi connectivity index (χ1n) is 8.65. The zero-order valence-corrected chi connectivity index (χ0v) is 14.9. The van der Waals surface area contributed by atoms with Gasteiger partial charge in [-0.25, -0.2) is 0 Å². The van der Waals surface area contributed by atoms with Gasteiger partial charge in [-0.05, 0) is 42.7 Å². The molecule has 0 saturated carbocycles. The van der Waals surface area contributed by atoms with Gasteiger partial charge in [-0.3, -0.25) is 4.79 Å². The number of amides is 1. The number of hydrogen-bond donors (Lipinski definition) is 1. The van der Waals surface area contributed by atoms with Gasteiger partial charge in [-0.15, -0.1) is 0 Å². The molecule has 1 aromatic heterocycles. The molecule has 4 heteroatoms. The maximum atomic E-state index is 12.2. The van der Waals surface area contributed by atoms with Crippen LogP contribution in [0.4, 0.5) is 0 Å². The standard InChI is InChI=1S/C21H25N3O/c1-23(2)16-19-9-4-3-8-18(19)15-22-21(25)12-14-24-13-11-17-7-5-6-10-20(17)24/h3-11,13H,12,14-16H2,1-2H3,(H,22,25). The average molecular weight is 335 g/mol. The lowest BCUT2D eigenvalue weighted by molar-refractivity contribution is -0.121. The van der Waals surface area contributed by atoms with Crippen LogP contribution in [0.3, 0.4) is 0 Å². The number of nitrogens with zero attached hydrogens (tertiary/aromatic N) is 2. The molecule has 0 aliphatic rings. The molecule has 0 bridgehead atoms. The molecule has 1 N–H and O–H groups in total. The molecule has 0 spiro atoms. The molecule has 0 unspecified atom stereocenters. The minimum Gasteiger partial charge on any atom is -0.352 e. The van der Waals surface area contributed by atoms with Crippen molar-refractivity contribution in [1.82, 2.24) is 14.8 Å². The zero-order valence-electron chi connectivity index (χ0n) is 14.9. The van der Waals surface area contributed by atoms with E-state index in [2.05, 4.69) is 59.2 Å². The van der Waals surface area contributed by atoms with E-state index in [0.717, 1.165) is 6.54 Å². The van der Waals surface area contributed by atoms with Gasteiger partial charge in [0.1, 0.15) is 0 Å². The van der Waals surface area contributed by atoms with E-state index >= 15 is 0 Å². The number of aromatic nitrogens is 1. The number of nitrogens with one attached hydrogen (secondary N) is 1. The lowest BCUT2D eigenvalue weighted by atomic mass is 10.1. The molecule has 0 saturated heterocycles. The highest BCUT2D eigenvalue weighted by molar-refractivity contribution is 5.80. The molecule has 130 valence electrons. The van der Waals surface area contributed by atoms with Crippen LogP contribution < -0.4 is 5.32 Å². The number of benzene rings is 2. The summed E-state index contributed by atoms with van der Waals surface area (Å²) in [6.45, 7) is 2.15. The lowest BCUT2D eigenvalue weighted by Crippen LogP contribution is -2.25. The number of rotatable bonds is 7. The molecule has 0 fully saturated rings. The third kappa shape index (κ3) is 4.48. The summed E-state index contributed by atoms with van der Waals surface area (Å²) >= 11 is 0. The van der Waals surface area contributed by atoms with Crippen molar-refractivity contribution in [1.29, 1.82) is 0 Å². The van der Waals surface area contributed by atoms with Gasteiger partial charge in [0.25, 0.3) is 0 Å². The Morgan fingerprint density at radius 1 is 1.00 bits per heavy atom. The molecule has 0 aliphatic carbocycles. The van der Waals surface area contributed by atoms with E-state index in [0.29, 0.717) is 19.5 Å². The van der Waals surface area contributed by atoms with Crippen molar-refractivity contribution in [3.8, 4) is 0 Å². The molecule has 2 aromatic carbocycles. The first-order valence-corrected chi connectivity index (χ1v) is 8.65. The second-order valence-electron chi connectivity index (χ2n) is 6.60. The van der Waals surface area contributed by atoms with Crippen molar-refractivity contribution >= 4 is 16.8 Å². The summed E-state index contributed by atoms with van der Waals surface area (Å²) in [7, 11) is 4.10. The fourth-order valence-electron chi connectivity index (χ4n) is 3.06. The molecule has 0 atom stereocenters. The number of fused-ring (bicyclic) bond motifs is 1. The molecule has 1 heterocycles. The Kier molecular flexibility index (Phi) is 5.51. The van der Waals surface area contributed by atoms with Crippen LogP contribution in [-0.4, -0.2) is 29.5 Å². The Labute approximate surface area is 149 Å². The van der Waals surface area contributed by atoms with Crippen LogP contribution in [0.1, 0.15) is 17.5 Å². The Bertz CT molecular complexity index is 851. The van der Waals surface area contributed by atoms with E-state index in [-0.39, 0.29) is 5.91 Å². The van der Waals surface area contributed by atoms with Crippen LogP contribution in [0, 0.1) is 0 Å². The van der Waals surface area contributed by atoms with Crippen LogP contribution in [-0.2, 0) is 24.4 Å². The van der Waals surface area contributed by atoms with E-state index in [1.807, 2.05) is 30.5 Å². The van der Waals surface area contributed by atoms with Gasteiger partial charge in [0, 0.05) is 37.8 Å². The number of carbonyl (C=O) groups excluding carboxylic acids is 1. The highest BCUT2D eigenvalue weighted by Crippen LogP contribution is 2.15.